The summed E-state index contributed by atoms with van der Waals surface area (Å²) >= 11 is 1.80. The lowest BCUT2D eigenvalue weighted by Crippen LogP contribution is -2.27. The van der Waals surface area contributed by atoms with E-state index in [2.05, 4.69) is 48.9 Å². The van der Waals surface area contributed by atoms with Gasteiger partial charge in [-0.3, -0.25) is 0 Å². The summed E-state index contributed by atoms with van der Waals surface area (Å²) in [4.78, 5) is 1.37. The summed E-state index contributed by atoms with van der Waals surface area (Å²) in [5, 5.41) is 12.5. The first kappa shape index (κ1) is 12.9. The van der Waals surface area contributed by atoms with Crippen molar-refractivity contribution >= 4 is 11.3 Å². The van der Waals surface area contributed by atoms with Crippen molar-refractivity contribution in [1.82, 2.24) is 4.57 Å². The van der Waals surface area contributed by atoms with E-state index in [1.807, 2.05) is 0 Å². The summed E-state index contributed by atoms with van der Waals surface area (Å²) in [7, 11) is 0. The van der Waals surface area contributed by atoms with Gasteiger partial charge >= 0.3 is 0 Å². The van der Waals surface area contributed by atoms with Gasteiger partial charge in [0.15, 0.2) is 0 Å². The summed E-state index contributed by atoms with van der Waals surface area (Å²) in [5.74, 6) is 0. The third-order valence-electron chi connectivity index (χ3n) is 4.09. The van der Waals surface area contributed by atoms with E-state index in [0.29, 0.717) is 0 Å². The van der Waals surface area contributed by atoms with Crippen molar-refractivity contribution in [2.75, 3.05) is 0 Å². The highest BCUT2D eigenvalue weighted by Gasteiger charge is 2.33. The van der Waals surface area contributed by atoms with Gasteiger partial charge in [0.05, 0.1) is 12.6 Å². The minimum Gasteiger partial charge on any atom is -0.388 e. The molecule has 0 amide bonds. The Morgan fingerprint density at radius 1 is 1.47 bits per heavy atom. The van der Waals surface area contributed by atoms with Crippen LogP contribution in [-0.2, 0) is 13.0 Å². The molecule has 0 saturated heterocycles. The van der Waals surface area contributed by atoms with Crippen LogP contribution in [0.5, 0.6) is 0 Å². The van der Waals surface area contributed by atoms with Gasteiger partial charge in [-0.25, -0.2) is 0 Å². The lowest BCUT2D eigenvalue weighted by Gasteiger charge is -2.34. The summed E-state index contributed by atoms with van der Waals surface area (Å²) in [6, 6.07) is 6.45. The molecule has 1 N–H and O–H groups in total. The van der Waals surface area contributed by atoms with Crippen LogP contribution in [0.15, 0.2) is 23.6 Å². The molecule has 1 unspecified atom stereocenters. The monoisotopic (exact) mass is 275 g/mol. The topological polar surface area (TPSA) is 25.2 Å². The van der Waals surface area contributed by atoms with Gasteiger partial charge in [0, 0.05) is 21.8 Å². The fraction of sp³-hybridized carbons (Fsp3) is 0.500. The molecule has 2 nitrogen and oxygen atoms in total. The highest BCUT2D eigenvalue weighted by atomic mass is 32.1. The van der Waals surface area contributed by atoms with Crippen molar-refractivity contribution in [3.8, 4) is 0 Å². The molecule has 0 spiro atoms. The van der Waals surface area contributed by atoms with Crippen LogP contribution in [-0.4, -0.2) is 9.67 Å². The van der Waals surface area contributed by atoms with E-state index in [0.717, 1.165) is 24.9 Å². The molecule has 1 aliphatic rings. The Hall–Kier alpha value is -1.06. The van der Waals surface area contributed by atoms with Crippen molar-refractivity contribution in [2.24, 2.45) is 5.41 Å². The van der Waals surface area contributed by atoms with Gasteiger partial charge < -0.3 is 9.67 Å². The SMILES string of the molecule is Cc1cc2c(n1Cc1cccs1)CC(C)(C)CC2O. The largest absolute Gasteiger partial charge is 0.388 e. The maximum atomic E-state index is 10.4. The van der Waals surface area contributed by atoms with Gasteiger partial charge in [-0.2, -0.15) is 0 Å². The maximum absolute atomic E-state index is 10.4. The molecule has 19 heavy (non-hydrogen) atoms. The average Bonchev–Trinajstić information content (AvgIpc) is 2.90. The molecule has 2 heterocycles. The van der Waals surface area contributed by atoms with Crippen LogP contribution in [0, 0.1) is 12.3 Å². The van der Waals surface area contributed by atoms with E-state index in [1.165, 1.54) is 16.3 Å². The van der Waals surface area contributed by atoms with E-state index in [4.69, 9.17) is 0 Å². The first-order chi connectivity index (χ1) is 8.96. The number of aliphatic hydroxyl groups is 1. The van der Waals surface area contributed by atoms with Crippen molar-refractivity contribution in [1.29, 1.82) is 0 Å². The molecule has 0 fully saturated rings. The third-order valence-corrected chi connectivity index (χ3v) is 4.96. The number of thiophene rings is 1. The molecule has 2 aromatic heterocycles. The number of aryl methyl sites for hydroxylation is 1. The van der Waals surface area contributed by atoms with Crippen LogP contribution >= 0.6 is 11.3 Å². The first-order valence-electron chi connectivity index (χ1n) is 6.86. The van der Waals surface area contributed by atoms with Crippen LogP contribution < -0.4 is 0 Å². The fourth-order valence-corrected chi connectivity index (χ4v) is 3.87. The predicted molar refractivity (Wildman–Crippen MR) is 79.7 cm³/mol. The molecule has 0 aromatic carbocycles. The Morgan fingerprint density at radius 3 is 2.95 bits per heavy atom. The zero-order valence-electron chi connectivity index (χ0n) is 11.8. The van der Waals surface area contributed by atoms with Crippen LogP contribution in [0.25, 0.3) is 0 Å². The minimum atomic E-state index is -0.304. The summed E-state index contributed by atoms with van der Waals surface area (Å²) in [5.41, 5.74) is 3.92. The van der Waals surface area contributed by atoms with Crippen LogP contribution in [0.2, 0.25) is 0 Å². The first-order valence-corrected chi connectivity index (χ1v) is 7.73. The quantitative estimate of drug-likeness (QED) is 0.883. The predicted octanol–water partition coefficient (Wildman–Crippen LogP) is 3.91. The van der Waals surface area contributed by atoms with Crippen molar-refractivity contribution in [2.45, 2.75) is 46.3 Å². The molecule has 102 valence electrons. The second-order valence-corrected chi connectivity index (χ2v) is 7.45. The van der Waals surface area contributed by atoms with E-state index in [9.17, 15) is 5.11 Å². The molecule has 3 heteroatoms. The Labute approximate surface area is 118 Å². The summed E-state index contributed by atoms with van der Waals surface area (Å²) in [6.45, 7) is 7.57. The highest BCUT2D eigenvalue weighted by Crippen LogP contribution is 2.42. The molecular weight excluding hydrogens is 254 g/mol. The number of hydrogen-bond acceptors (Lipinski definition) is 2. The number of rotatable bonds is 2. The lowest BCUT2D eigenvalue weighted by molar-refractivity contribution is 0.0981. The molecular formula is C16H21NOS. The molecule has 0 radical (unpaired) electrons. The van der Waals surface area contributed by atoms with E-state index in [1.54, 1.807) is 11.3 Å². The molecule has 1 atom stereocenters. The number of nitrogens with zero attached hydrogens (tertiary/aromatic N) is 1. The van der Waals surface area contributed by atoms with Gasteiger partial charge in [-0.1, -0.05) is 19.9 Å². The van der Waals surface area contributed by atoms with Crippen molar-refractivity contribution in [3.05, 3.63) is 45.4 Å². The third kappa shape index (κ3) is 2.37. The van der Waals surface area contributed by atoms with Crippen LogP contribution in [0.1, 0.15) is 48.2 Å². The van der Waals surface area contributed by atoms with Crippen molar-refractivity contribution < 1.29 is 5.11 Å². The molecule has 2 aromatic rings. The summed E-state index contributed by atoms with van der Waals surface area (Å²) in [6.07, 6.45) is 1.61. The van der Waals surface area contributed by atoms with E-state index in [-0.39, 0.29) is 11.5 Å². The Balaban J connectivity index is 2.02. The van der Waals surface area contributed by atoms with Gasteiger partial charge in [0.1, 0.15) is 0 Å². The second-order valence-electron chi connectivity index (χ2n) is 6.41. The van der Waals surface area contributed by atoms with Gasteiger partial charge in [0.25, 0.3) is 0 Å². The Kier molecular flexibility index (Phi) is 3.06. The number of fused-ring (bicyclic) bond motifs is 1. The molecule has 0 aliphatic heterocycles. The van der Waals surface area contributed by atoms with E-state index < -0.39 is 0 Å². The van der Waals surface area contributed by atoms with Gasteiger partial charge in [0.2, 0.25) is 0 Å². The number of aliphatic hydroxyl groups excluding tert-OH is 1. The number of aromatic nitrogens is 1. The minimum absolute atomic E-state index is 0.185. The maximum Gasteiger partial charge on any atom is 0.0812 e. The summed E-state index contributed by atoms with van der Waals surface area (Å²) < 4.78 is 2.38. The second kappa shape index (κ2) is 4.50. The zero-order chi connectivity index (χ0) is 13.6. The number of hydrogen-bond donors (Lipinski definition) is 1. The molecule has 0 saturated carbocycles. The molecule has 3 rings (SSSR count). The van der Waals surface area contributed by atoms with Crippen LogP contribution in [0.4, 0.5) is 0 Å². The smallest absolute Gasteiger partial charge is 0.0812 e. The highest BCUT2D eigenvalue weighted by molar-refractivity contribution is 7.09. The van der Waals surface area contributed by atoms with Crippen molar-refractivity contribution in [3.63, 3.8) is 0 Å². The average molecular weight is 275 g/mol. The van der Waals surface area contributed by atoms with Gasteiger partial charge in [-0.05, 0) is 42.7 Å². The van der Waals surface area contributed by atoms with Crippen LogP contribution in [0.3, 0.4) is 0 Å². The molecule has 0 bridgehead atoms. The zero-order valence-corrected chi connectivity index (χ0v) is 12.6. The Bertz CT molecular complexity index is 580. The normalized spacial score (nSPS) is 21.4. The molecule has 1 aliphatic carbocycles. The lowest BCUT2D eigenvalue weighted by atomic mass is 9.75. The Morgan fingerprint density at radius 2 is 2.26 bits per heavy atom. The van der Waals surface area contributed by atoms with E-state index >= 15 is 0 Å². The van der Waals surface area contributed by atoms with Gasteiger partial charge in [-0.15, -0.1) is 11.3 Å². The fourth-order valence-electron chi connectivity index (χ4n) is 3.18. The standard InChI is InChI=1S/C16H21NOS/c1-11-7-13-14(8-16(2,3)9-15(13)18)17(11)10-12-5-4-6-19-12/h4-7,15,18H,8-10H2,1-3H3.